The lowest BCUT2D eigenvalue weighted by molar-refractivity contribution is -0.140. The van der Waals surface area contributed by atoms with Crippen LogP contribution in [-0.4, -0.2) is 44.5 Å². The van der Waals surface area contributed by atoms with Crippen LogP contribution in [0.5, 0.6) is 0 Å². The SMILES string of the molecule is COC(=O)CCCC=CC[C@H]1C(=O)C(O)C[C@@H]1C=CC(CCc1sc2ccccc2c1Cl)O[Si](C)(C)C(C)(C)C. The molecule has 0 saturated heterocycles. The molecule has 1 aliphatic rings. The first-order valence-corrected chi connectivity index (χ1v) is 18.4. The zero-order valence-corrected chi connectivity index (χ0v) is 27.3. The number of aliphatic hydroxyl groups is 1. The van der Waals surface area contributed by atoms with Gasteiger partial charge in [0.2, 0.25) is 0 Å². The van der Waals surface area contributed by atoms with Crippen molar-refractivity contribution in [3.05, 3.63) is 58.5 Å². The van der Waals surface area contributed by atoms with Gasteiger partial charge in [0.15, 0.2) is 14.1 Å². The van der Waals surface area contributed by atoms with E-state index in [-0.39, 0.29) is 34.7 Å². The van der Waals surface area contributed by atoms with E-state index in [0.717, 1.165) is 29.7 Å². The third-order valence-corrected chi connectivity index (χ3v) is 14.6. The lowest BCUT2D eigenvalue weighted by atomic mass is 9.91. The molecule has 3 rings (SSSR count). The molecule has 2 unspecified atom stereocenters. The molecule has 1 aromatic carbocycles. The first-order valence-electron chi connectivity index (χ1n) is 14.3. The molecule has 0 bridgehead atoms. The minimum absolute atomic E-state index is 0.0411. The summed E-state index contributed by atoms with van der Waals surface area (Å²) in [5.74, 6) is -0.598. The minimum atomic E-state index is -2.06. The molecule has 0 amide bonds. The number of aliphatic hydroxyl groups excluding tert-OH is 1. The zero-order valence-electron chi connectivity index (χ0n) is 24.7. The van der Waals surface area contributed by atoms with Gasteiger partial charge < -0.3 is 14.3 Å². The molecule has 0 radical (unpaired) electrons. The fourth-order valence-corrected chi connectivity index (χ4v) is 7.69. The molecule has 0 spiro atoms. The van der Waals surface area contributed by atoms with Gasteiger partial charge in [-0.25, -0.2) is 0 Å². The Balaban J connectivity index is 1.72. The minimum Gasteiger partial charge on any atom is -0.469 e. The molecular weight excluding hydrogens is 560 g/mol. The highest BCUT2D eigenvalue weighted by molar-refractivity contribution is 7.19. The third-order valence-electron chi connectivity index (χ3n) is 8.32. The number of halogens is 1. The van der Waals surface area contributed by atoms with Crippen molar-refractivity contribution in [1.82, 2.24) is 0 Å². The number of methoxy groups -OCH3 is 1. The summed E-state index contributed by atoms with van der Waals surface area (Å²) in [4.78, 5) is 25.2. The van der Waals surface area contributed by atoms with Gasteiger partial charge in [0, 0.05) is 27.3 Å². The molecule has 0 aliphatic heterocycles. The van der Waals surface area contributed by atoms with E-state index in [1.807, 2.05) is 24.3 Å². The monoisotopic (exact) mass is 604 g/mol. The van der Waals surface area contributed by atoms with Crippen molar-refractivity contribution in [3.63, 3.8) is 0 Å². The summed E-state index contributed by atoms with van der Waals surface area (Å²) in [7, 11) is -0.666. The second kappa shape index (κ2) is 14.4. The lowest BCUT2D eigenvalue weighted by Gasteiger charge is -2.38. The Kier molecular flexibility index (Phi) is 11.8. The molecule has 2 aromatic rings. The van der Waals surface area contributed by atoms with Crippen LogP contribution in [0, 0.1) is 11.8 Å². The second-order valence-electron chi connectivity index (χ2n) is 12.3. The highest BCUT2D eigenvalue weighted by atomic mass is 35.5. The predicted molar refractivity (Wildman–Crippen MR) is 169 cm³/mol. The van der Waals surface area contributed by atoms with Crippen LogP contribution in [-0.2, 0) is 25.2 Å². The molecule has 1 aliphatic carbocycles. The number of rotatable bonds is 13. The van der Waals surface area contributed by atoms with Crippen molar-refractivity contribution in [2.45, 2.75) is 96.1 Å². The normalized spacial score (nSPS) is 21.2. The maximum absolute atomic E-state index is 12.8. The number of carbonyl (C=O) groups is 2. The van der Waals surface area contributed by atoms with Crippen molar-refractivity contribution in [2.75, 3.05) is 7.11 Å². The Morgan fingerprint density at radius 2 is 1.98 bits per heavy atom. The summed E-state index contributed by atoms with van der Waals surface area (Å²) in [6.07, 6.45) is 11.7. The van der Waals surface area contributed by atoms with Crippen LogP contribution in [0.4, 0.5) is 0 Å². The molecule has 220 valence electrons. The molecular formula is C32H45ClO5SSi. The van der Waals surface area contributed by atoms with Crippen LogP contribution in [0.25, 0.3) is 10.1 Å². The second-order valence-corrected chi connectivity index (χ2v) is 18.5. The summed E-state index contributed by atoms with van der Waals surface area (Å²) in [5, 5.41) is 12.4. The predicted octanol–water partition coefficient (Wildman–Crippen LogP) is 8.29. The smallest absolute Gasteiger partial charge is 0.305 e. The number of Topliss-reactive ketones (excluding diaryl/α,β-unsaturated/α-hetero) is 1. The number of esters is 1. The molecule has 1 N–H and O–H groups in total. The summed E-state index contributed by atoms with van der Waals surface area (Å²) in [6, 6.07) is 8.23. The molecule has 4 atom stereocenters. The number of aryl methyl sites for hydroxylation is 1. The number of ketones is 1. The molecule has 40 heavy (non-hydrogen) atoms. The van der Waals surface area contributed by atoms with E-state index in [2.05, 4.69) is 62.9 Å². The number of hydrogen-bond donors (Lipinski definition) is 1. The third kappa shape index (κ3) is 8.62. The number of fused-ring (bicyclic) bond motifs is 1. The van der Waals surface area contributed by atoms with E-state index >= 15 is 0 Å². The number of hydrogen-bond acceptors (Lipinski definition) is 6. The maximum Gasteiger partial charge on any atom is 0.305 e. The van der Waals surface area contributed by atoms with Crippen molar-refractivity contribution in [2.24, 2.45) is 11.8 Å². The van der Waals surface area contributed by atoms with Crippen molar-refractivity contribution in [3.8, 4) is 0 Å². The van der Waals surface area contributed by atoms with Gasteiger partial charge in [-0.3, -0.25) is 9.59 Å². The summed E-state index contributed by atoms with van der Waals surface area (Å²) in [5.41, 5.74) is 0. The molecule has 1 aromatic heterocycles. The fraction of sp³-hybridized carbons (Fsp3) is 0.562. The van der Waals surface area contributed by atoms with Gasteiger partial charge in [0.25, 0.3) is 0 Å². The number of allylic oxidation sites excluding steroid dienone is 3. The number of ether oxygens (including phenoxy) is 1. The van der Waals surface area contributed by atoms with Crippen molar-refractivity contribution >= 4 is 53.1 Å². The van der Waals surface area contributed by atoms with Gasteiger partial charge in [0.1, 0.15) is 6.10 Å². The van der Waals surface area contributed by atoms with Gasteiger partial charge in [-0.2, -0.15) is 0 Å². The van der Waals surface area contributed by atoms with Crippen molar-refractivity contribution < 1.29 is 23.9 Å². The largest absolute Gasteiger partial charge is 0.469 e. The number of benzene rings is 1. The molecule has 5 nitrogen and oxygen atoms in total. The lowest BCUT2D eigenvalue weighted by Crippen LogP contribution is -2.43. The van der Waals surface area contributed by atoms with Gasteiger partial charge in [-0.1, -0.05) is 74.9 Å². The van der Waals surface area contributed by atoms with Gasteiger partial charge in [-0.05, 0) is 68.6 Å². The Hall–Kier alpha value is -1.77. The van der Waals surface area contributed by atoms with Crippen LogP contribution < -0.4 is 0 Å². The number of unbranched alkanes of at least 4 members (excludes halogenated alkanes) is 1. The topological polar surface area (TPSA) is 72.8 Å². The Bertz CT molecular complexity index is 1210. The van der Waals surface area contributed by atoms with E-state index in [1.165, 1.54) is 16.7 Å². The van der Waals surface area contributed by atoms with Gasteiger partial charge in [-0.15, -0.1) is 11.3 Å². The van der Waals surface area contributed by atoms with Gasteiger partial charge >= 0.3 is 5.97 Å². The summed E-state index contributed by atoms with van der Waals surface area (Å²) in [6.45, 7) is 11.2. The average Bonchev–Trinajstić information content (AvgIpc) is 3.36. The number of thiophene rings is 1. The standard InChI is InChI=1S/C32H45ClO5SSi/c1-32(2,3)40(5,6)38-23(19-20-28-30(33)25-14-11-12-15-27(25)39-28)18-17-22-21-26(34)31(36)24(22)13-9-7-8-10-16-29(35)37-4/h7,9,11-12,14-15,17-18,22-24,26,34H,8,10,13,16,19-21H2,1-6H3/t22-,23?,24+,26?/m0/s1. The van der Waals surface area contributed by atoms with E-state index < -0.39 is 14.4 Å². The zero-order chi connectivity index (χ0) is 29.5. The Labute approximate surface area is 249 Å². The highest BCUT2D eigenvalue weighted by Crippen LogP contribution is 2.40. The number of carbonyl (C=O) groups excluding carboxylic acids is 2. The summed E-state index contributed by atoms with van der Waals surface area (Å²) >= 11 is 8.49. The molecule has 1 heterocycles. The van der Waals surface area contributed by atoms with Crippen LogP contribution >= 0.6 is 22.9 Å². The molecule has 1 fully saturated rings. The average molecular weight is 605 g/mol. The van der Waals surface area contributed by atoms with Gasteiger partial charge in [0.05, 0.1) is 18.2 Å². The van der Waals surface area contributed by atoms with E-state index in [0.29, 0.717) is 25.7 Å². The molecule has 8 heteroatoms. The Morgan fingerprint density at radius 1 is 1.25 bits per heavy atom. The van der Waals surface area contributed by atoms with E-state index in [4.69, 9.17) is 16.0 Å². The van der Waals surface area contributed by atoms with E-state index in [1.54, 1.807) is 11.3 Å². The van der Waals surface area contributed by atoms with Crippen molar-refractivity contribution in [1.29, 1.82) is 0 Å². The van der Waals surface area contributed by atoms with Crippen LogP contribution in [0.1, 0.15) is 64.2 Å². The first kappa shape index (κ1) is 32.7. The highest BCUT2D eigenvalue weighted by Gasteiger charge is 2.40. The molecule has 1 saturated carbocycles. The van der Waals surface area contributed by atoms with Crippen LogP contribution in [0.2, 0.25) is 23.2 Å². The quantitative estimate of drug-likeness (QED) is 0.108. The Morgan fingerprint density at radius 3 is 2.65 bits per heavy atom. The van der Waals surface area contributed by atoms with Crippen LogP contribution in [0.15, 0.2) is 48.6 Å². The first-order chi connectivity index (χ1) is 18.8. The fourth-order valence-electron chi connectivity index (χ4n) is 4.84. The maximum atomic E-state index is 12.8. The van der Waals surface area contributed by atoms with E-state index in [9.17, 15) is 14.7 Å². The van der Waals surface area contributed by atoms with Crippen LogP contribution in [0.3, 0.4) is 0 Å². The summed E-state index contributed by atoms with van der Waals surface area (Å²) < 4.78 is 12.7.